The Hall–Kier alpha value is -1.32. The minimum absolute atomic E-state index is 0.620. The summed E-state index contributed by atoms with van der Waals surface area (Å²) in [5.41, 5.74) is 1.01. The van der Waals surface area contributed by atoms with Gasteiger partial charge in [0.15, 0.2) is 5.76 Å². The molecule has 2 aromatic rings. The average Bonchev–Trinajstić information content (AvgIpc) is 2.91. The fraction of sp³-hybridized carbons (Fsp3) is 0.438. The highest BCUT2D eigenvalue weighted by Gasteiger charge is 2.20. The van der Waals surface area contributed by atoms with Gasteiger partial charge in [0, 0.05) is 16.6 Å². The van der Waals surface area contributed by atoms with Crippen molar-refractivity contribution in [2.75, 3.05) is 6.54 Å². The zero-order valence-corrected chi connectivity index (χ0v) is 12.4. The molecular weight excluding hydrogens is 272 g/mol. The maximum atomic E-state index is 5.90. The molecule has 2 heterocycles. The summed E-state index contributed by atoms with van der Waals surface area (Å²) in [6.45, 7) is 4.22. The molecule has 1 unspecified atom stereocenters. The highest BCUT2D eigenvalue weighted by Crippen LogP contribution is 2.24. The second-order valence-electron chi connectivity index (χ2n) is 5.44. The molecule has 0 saturated carbocycles. The Balaban J connectivity index is 1.71. The van der Waals surface area contributed by atoms with Gasteiger partial charge in [-0.1, -0.05) is 18.0 Å². The van der Waals surface area contributed by atoms with Crippen LogP contribution in [0.5, 0.6) is 0 Å². The lowest BCUT2D eigenvalue weighted by molar-refractivity contribution is 0.139. The standard InChI is InChI=1S/C16H19ClN2O/c1-12-4-2-3-9-19(12)11-16-18-10-15(20-16)13-5-7-14(17)8-6-13/h5-8,10,12H,2-4,9,11H2,1H3. The predicted octanol–water partition coefficient (Wildman–Crippen LogP) is 4.37. The summed E-state index contributed by atoms with van der Waals surface area (Å²) in [6.07, 6.45) is 5.67. The summed E-state index contributed by atoms with van der Waals surface area (Å²) in [6, 6.07) is 8.26. The molecule has 0 spiro atoms. The van der Waals surface area contributed by atoms with Gasteiger partial charge in [-0.15, -0.1) is 0 Å². The van der Waals surface area contributed by atoms with Gasteiger partial charge in [0.05, 0.1) is 12.7 Å². The van der Waals surface area contributed by atoms with Crippen LogP contribution in [-0.2, 0) is 6.54 Å². The minimum atomic E-state index is 0.620. The highest BCUT2D eigenvalue weighted by molar-refractivity contribution is 6.30. The van der Waals surface area contributed by atoms with Crippen LogP contribution in [0.25, 0.3) is 11.3 Å². The Bertz CT molecular complexity index is 564. The van der Waals surface area contributed by atoms with Gasteiger partial charge in [-0.25, -0.2) is 4.98 Å². The molecule has 1 aromatic heterocycles. The molecule has 1 fully saturated rings. The van der Waals surface area contributed by atoms with Crippen LogP contribution in [0.3, 0.4) is 0 Å². The number of piperidine rings is 1. The van der Waals surface area contributed by atoms with E-state index in [1.54, 1.807) is 6.20 Å². The number of halogens is 1. The zero-order chi connectivity index (χ0) is 13.9. The van der Waals surface area contributed by atoms with Crippen molar-refractivity contribution >= 4 is 11.6 Å². The smallest absolute Gasteiger partial charge is 0.209 e. The molecule has 1 atom stereocenters. The van der Waals surface area contributed by atoms with Crippen molar-refractivity contribution in [3.05, 3.63) is 41.4 Å². The molecule has 0 N–H and O–H groups in total. The van der Waals surface area contributed by atoms with Gasteiger partial charge in [0.2, 0.25) is 5.89 Å². The van der Waals surface area contributed by atoms with E-state index in [-0.39, 0.29) is 0 Å². The number of hydrogen-bond acceptors (Lipinski definition) is 3. The van der Waals surface area contributed by atoms with Crippen LogP contribution in [0.4, 0.5) is 0 Å². The summed E-state index contributed by atoms with van der Waals surface area (Å²) >= 11 is 5.90. The van der Waals surface area contributed by atoms with E-state index in [0.717, 1.165) is 35.3 Å². The molecule has 0 amide bonds. The van der Waals surface area contributed by atoms with Gasteiger partial charge in [-0.3, -0.25) is 4.90 Å². The Morgan fingerprint density at radius 2 is 2.10 bits per heavy atom. The minimum Gasteiger partial charge on any atom is -0.439 e. The van der Waals surface area contributed by atoms with Gasteiger partial charge in [0.25, 0.3) is 0 Å². The van der Waals surface area contributed by atoms with Crippen molar-refractivity contribution in [3.63, 3.8) is 0 Å². The lowest BCUT2D eigenvalue weighted by Gasteiger charge is -2.32. The van der Waals surface area contributed by atoms with Crippen molar-refractivity contribution < 1.29 is 4.42 Å². The predicted molar refractivity (Wildman–Crippen MR) is 80.7 cm³/mol. The molecule has 3 rings (SSSR count). The second kappa shape index (κ2) is 5.98. The van der Waals surface area contributed by atoms with Crippen LogP contribution in [0.1, 0.15) is 32.1 Å². The highest BCUT2D eigenvalue weighted by atomic mass is 35.5. The molecule has 1 aliphatic heterocycles. The van der Waals surface area contributed by atoms with Gasteiger partial charge in [0.1, 0.15) is 0 Å². The number of rotatable bonds is 3. The van der Waals surface area contributed by atoms with Crippen molar-refractivity contribution in [1.29, 1.82) is 0 Å². The molecule has 1 saturated heterocycles. The number of aromatic nitrogens is 1. The maximum Gasteiger partial charge on any atom is 0.209 e. The number of oxazole rings is 1. The van der Waals surface area contributed by atoms with E-state index in [9.17, 15) is 0 Å². The summed E-state index contributed by atoms with van der Waals surface area (Å²) in [5, 5.41) is 0.732. The van der Waals surface area contributed by atoms with Crippen molar-refractivity contribution in [1.82, 2.24) is 9.88 Å². The Kier molecular flexibility index (Phi) is 4.08. The van der Waals surface area contributed by atoms with E-state index in [1.807, 2.05) is 24.3 Å². The first-order chi connectivity index (χ1) is 9.72. The first-order valence-corrected chi connectivity index (χ1v) is 7.55. The molecular formula is C16H19ClN2O. The fourth-order valence-corrected chi connectivity index (χ4v) is 2.82. The third-order valence-electron chi connectivity index (χ3n) is 3.96. The monoisotopic (exact) mass is 290 g/mol. The maximum absolute atomic E-state index is 5.90. The van der Waals surface area contributed by atoms with Gasteiger partial charge in [-0.2, -0.15) is 0 Å². The molecule has 1 aromatic carbocycles. The number of hydrogen-bond donors (Lipinski definition) is 0. The molecule has 3 nitrogen and oxygen atoms in total. The van der Waals surface area contributed by atoms with Crippen LogP contribution in [0, 0.1) is 0 Å². The van der Waals surface area contributed by atoms with E-state index >= 15 is 0 Å². The summed E-state index contributed by atoms with van der Waals surface area (Å²) in [5.74, 6) is 1.60. The third-order valence-corrected chi connectivity index (χ3v) is 4.21. The lowest BCUT2D eigenvalue weighted by atomic mass is 10.0. The lowest BCUT2D eigenvalue weighted by Crippen LogP contribution is -2.36. The van der Waals surface area contributed by atoms with E-state index < -0.39 is 0 Å². The Morgan fingerprint density at radius 1 is 1.30 bits per heavy atom. The molecule has 106 valence electrons. The van der Waals surface area contributed by atoms with Gasteiger partial charge >= 0.3 is 0 Å². The first-order valence-electron chi connectivity index (χ1n) is 7.17. The summed E-state index contributed by atoms with van der Waals surface area (Å²) in [4.78, 5) is 6.85. The normalized spacial score (nSPS) is 20.2. The molecule has 0 bridgehead atoms. The van der Waals surface area contributed by atoms with Crippen LogP contribution in [0.2, 0.25) is 5.02 Å². The van der Waals surface area contributed by atoms with Crippen molar-refractivity contribution in [2.45, 2.75) is 38.8 Å². The SMILES string of the molecule is CC1CCCCN1Cc1ncc(-c2ccc(Cl)cc2)o1. The Labute approximate surface area is 124 Å². The fourth-order valence-electron chi connectivity index (χ4n) is 2.70. The van der Waals surface area contributed by atoms with Gasteiger partial charge < -0.3 is 4.42 Å². The second-order valence-corrected chi connectivity index (χ2v) is 5.88. The van der Waals surface area contributed by atoms with E-state index in [0.29, 0.717) is 6.04 Å². The van der Waals surface area contributed by atoms with Crippen LogP contribution in [-0.4, -0.2) is 22.5 Å². The van der Waals surface area contributed by atoms with Crippen LogP contribution >= 0.6 is 11.6 Å². The van der Waals surface area contributed by atoms with Gasteiger partial charge in [-0.05, 0) is 50.6 Å². The zero-order valence-electron chi connectivity index (χ0n) is 11.7. The van der Waals surface area contributed by atoms with Crippen molar-refractivity contribution in [3.8, 4) is 11.3 Å². The van der Waals surface area contributed by atoms with Crippen LogP contribution < -0.4 is 0 Å². The quantitative estimate of drug-likeness (QED) is 0.840. The molecule has 1 aliphatic rings. The van der Waals surface area contributed by atoms with E-state index in [4.69, 9.17) is 16.0 Å². The first kappa shape index (κ1) is 13.7. The van der Waals surface area contributed by atoms with E-state index in [1.165, 1.54) is 19.3 Å². The third kappa shape index (κ3) is 3.05. The molecule has 4 heteroatoms. The Morgan fingerprint density at radius 3 is 2.85 bits per heavy atom. The largest absolute Gasteiger partial charge is 0.439 e. The summed E-state index contributed by atoms with van der Waals surface area (Å²) in [7, 11) is 0. The van der Waals surface area contributed by atoms with Crippen LogP contribution in [0.15, 0.2) is 34.9 Å². The molecule has 0 radical (unpaired) electrons. The number of nitrogens with zero attached hydrogens (tertiary/aromatic N) is 2. The number of benzene rings is 1. The molecule has 0 aliphatic carbocycles. The topological polar surface area (TPSA) is 29.3 Å². The molecule has 20 heavy (non-hydrogen) atoms. The number of likely N-dealkylation sites (tertiary alicyclic amines) is 1. The van der Waals surface area contributed by atoms with E-state index in [2.05, 4.69) is 16.8 Å². The average molecular weight is 291 g/mol. The van der Waals surface area contributed by atoms with Crippen molar-refractivity contribution in [2.24, 2.45) is 0 Å². The summed E-state index contributed by atoms with van der Waals surface area (Å²) < 4.78 is 5.86.